The fourth-order valence-corrected chi connectivity index (χ4v) is 1.73. The monoisotopic (exact) mass is 289 g/mol. The molecule has 0 heterocycles. The molecule has 0 spiro atoms. The van der Waals surface area contributed by atoms with Gasteiger partial charge in [0.25, 0.3) is 0 Å². The van der Waals surface area contributed by atoms with Crippen molar-refractivity contribution in [2.24, 2.45) is 0 Å². The topological polar surface area (TPSA) is 49.3 Å². The highest BCUT2D eigenvalue weighted by molar-refractivity contribution is 5.78. The summed E-state index contributed by atoms with van der Waals surface area (Å²) < 4.78 is 37.1. The van der Waals surface area contributed by atoms with Gasteiger partial charge in [-0.1, -0.05) is 25.5 Å². The summed E-state index contributed by atoms with van der Waals surface area (Å²) in [5.41, 5.74) is -0.236. The zero-order valence-electron chi connectivity index (χ0n) is 11.2. The number of hydrogen-bond donors (Lipinski definition) is 2. The van der Waals surface area contributed by atoms with Crippen molar-refractivity contribution in [3.05, 3.63) is 35.4 Å². The second-order valence-corrected chi connectivity index (χ2v) is 4.62. The Kier molecular flexibility index (Phi) is 6.01. The van der Waals surface area contributed by atoms with Crippen LogP contribution in [0.25, 0.3) is 0 Å². The number of nitrogens with one attached hydrogen (secondary N) is 1. The molecule has 20 heavy (non-hydrogen) atoms. The lowest BCUT2D eigenvalue weighted by Crippen LogP contribution is -2.33. The van der Waals surface area contributed by atoms with Crippen molar-refractivity contribution in [1.29, 1.82) is 0 Å². The average Bonchev–Trinajstić information content (AvgIpc) is 2.36. The summed E-state index contributed by atoms with van der Waals surface area (Å²) in [7, 11) is 0. The molecule has 112 valence electrons. The molecule has 1 aromatic carbocycles. The number of aliphatic hydroxyl groups is 1. The lowest BCUT2D eigenvalue weighted by atomic mass is 10.1. The molecule has 1 unspecified atom stereocenters. The molecule has 0 bridgehead atoms. The first-order chi connectivity index (χ1) is 9.32. The SMILES string of the molecule is CCCC(O)CNC(=O)Cc1ccc(C(F)(F)F)cc1. The molecule has 1 rings (SSSR count). The molecule has 6 heteroatoms. The van der Waals surface area contributed by atoms with Crippen molar-refractivity contribution in [3.8, 4) is 0 Å². The van der Waals surface area contributed by atoms with Gasteiger partial charge >= 0.3 is 6.18 Å². The van der Waals surface area contributed by atoms with Crippen LogP contribution in [0.4, 0.5) is 13.2 Å². The van der Waals surface area contributed by atoms with Gasteiger partial charge in [0.1, 0.15) is 0 Å². The maximum Gasteiger partial charge on any atom is 0.416 e. The van der Waals surface area contributed by atoms with Crippen LogP contribution < -0.4 is 5.32 Å². The van der Waals surface area contributed by atoms with E-state index >= 15 is 0 Å². The number of amides is 1. The minimum absolute atomic E-state index is 0.00299. The van der Waals surface area contributed by atoms with Gasteiger partial charge in [0.15, 0.2) is 0 Å². The Bertz CT molecular complexity index is 429. The van der Waals surface area contributed by atoms with E-state index in [2.05, 4.69) is 5.32 Å². The van der Waals surface area contributed by atoms with Gasteiger partial charge in [0, 0.05) is 6.54 Å². The second-order valence-electron chi connectivity index (χ2n) is 4.62. The van der Waals surface area contributed by atoms with E-state index in [0.29, 0.717) is 12.0 Å². The van der Waals surface area contributed by atoms with Gasteiger partial charge in [-0.25, -0.2) is 0 Å². The van der Waals surface area contributed by atoms with Crippen molar-refractivity contribution in [2.45, 2.75) is 38.5 Å². The highest BCUT2D eigenvalue weighted by Crippen LogP contribution is 2.29. The lowest BCUT2D eigenvalue weighted by Gasteiger charge is -2.11. The Morgan fingerprint density at radius 3 is 2.40 bits per heavy atom. The number of alkyl halides is 3. The van der Waals surface area contributed by atoms with E-state index < -0.39 is 17.8 Å². The van der Waals surface area contributed by atoms with Crippen LogP contribution in [-0.4, -0.2) is 23.7 Å². The lowest BCUT2D eigenvalue weighted by molar-refractivity contribution is -0.137. The van der Waals surface area contributed by atoms with Crippen LogP contribution in [0.5, 0.6) is 0 Å². The predicted molar refractivity (Wildman–Crippen MR) is 69.1 cm³/mol. The van der Waals surface area contributed by atoms with Crippen molar-refractivity contribution in [3.63, 3.8) is 0 Å². The molecule has 0 aliphatic heterocycles. The van der Waals surface area contributed by atoms with Crippen molar-refractivity contribution < 1.29 is 23.1 Å². The number of benzene rings is 1. The molecule has 0 radical (unpaired) electrons. The number of aliphatic hydroxyl groups excluding tert-OH is 1. The third-order valence-electron chi connectivity index (χ3n) is 2.80. The summed E-state index contributed by atoms with van der Waals surface area (Å²) in [4.78, 5) is 11.6. The molecule has 1 atom stereocenters. The molecule has 0 aromatic heterocycles. The van der Waals surface area contributed by atoms with E-state index in [1.165, 1.54) is 12.1 Å². The molecule has 0 saturated carbocycles. The van der Waals surface area contributed by atoms with Crippen molar-refractivity contribution in [1.82, 2.24) is 5.32 Å². The maximum absolute atomic E-state index is 12.4. The summed E-state index contributed by atoms with van der Waals surface area (Å²) >= 11 is 0. The third-order valence-corrected chi connectivity index (χ3v) is 2.80. The minimum Gasteiger partial charge on any atom is -0.391 e. The molecule has 0 saturated heterocycles. The Labute approximate surface area is 115 Å². The van der Waals surface area contributed by atoms with E-state index in [-0.39, 0.29) is 18.9 Å². The van der Waals surface area contributed by atoms with E-state index in [1.807, 2.05) is 6.92 Å². The molecular weight excluding hydrogens is 271 g/mol. The number of rotatable bonds is 6. The van der Waals surface area contributed by atoms with Crippen LogP contribution in [0.1, 0.15) is 30.9 Å². The van der Waals surface area contributed by atoms with Crippen LogP contribution in [0.3, 0.4) is 0 Å². The van der Waals surface area contributed by atoms with Crippen molar-refractivity contribution >= 4 is 5.91 Å². The Balaban J connectivity index is 2.46. The summed E-state index contributed by atoms with van der Waals surface area (Å²) in [6.07, 6.45) is -3.55. The van der Waals surface area contributed by atoms with Gasteiger partial charge in [-0.2, -0.15) is 13.2 Å². The number of halogens is 3. The minimum atomic E-state index is -4.37. The molecule has 0 fully saturated rings. The number of carbonyl (C=O) groups is 1. The van der Waals surface area contributed by atoms with Gasteiger partial charge in [-0.3, -0.25) is 4.79 Å². The fraction of sp³-hybridized carbons (Fsp3) is 0.500. The first kappa shape index (κ1) is 16.5. The first-order valence-corrected chi connectivity index (χ1v) is 6.43. The summed E-state index contributed by atoms with van der Waals surface area (Å²) in [5, 5.41) is 12.0. The van der Waals surface area contributed by atoms with Gasteiger partial charge < -0.3 is 10.4 Å². The third kappa shape index (κ3) is 5.61. The molecule has 0 aliphatic rings. The zero-order chi connectivity index (χ0) is 15.2. The predicted octanol–water partition coefficient (Wildman–Crippen LogP) is 2.53. The van der Waals surface area contributed by atoms with Crippen molar-refractivity contribution in [2.75, 3.05) is 6.54 Å². The van der Waals surface area contributed by atoms with E-state index in [0.717, 1.165) is 18.6 Å². The molecule has 1 amide bonds. The second kappa shape index (κ2) is 7.28. The molecular formula is C14H18F3NO2. The Morgan fingerprint density at radius 2 is 1.90 bits per heavy atom. The van der Waals surface area contributed by atoms with Gasteiger partial charge in [0.05, 0.1) is 18.1 Å². The molecule has 0 aliphatic carbocycles. The van der Waals surface area contributed by atoms with E-state index in [9.17, 15) is 23.1 Å². The van der Waals surface area contributed by atoms with Crippen LogP contribution in [-0.2, 0) is 17.4 Å². The molecule has 2 N–H and O–H groups in total. The number of carbonyl (C=O) groups excluding carboxylic acids is 1. The quantitative estimate of drug-likeness (QED) is 0.845. The van der Waals surface area contributed by atoms with Crippen LogP contribution >= 0.6 is 0 Å². The van der Waals surface area contributed by atoms with Crippen LogP contribution in [0.2, 0.25) is 0 Å². The summed E-state index contributed by atoms with van der Waals surface area (Å²) in [6.45, 7) is 2.08. The highest BCUT2D eigenvalue weighted by Gasteiger charge is 2.29. The molecule has 3 nitrogen and oxygen atoms in total. The Morgan fingerprint density at radius 1 is 1.30 bits per heavy atom. The largest absolute Gasteiger partial charge is 0.416 e. The average molecular weight is 289 g/mol. The normalized spacial score (nSPS) is 13.1. The van der Waals surface area contributed by atoms with Crippen LogP contribution in [0.15, 0.2) is 24.3 Å². The molecule has 1 aromatic rings. The van der Waals surface area contributed by atoms with Gasteiger partial charge in [0.2, 0.25) is 5.91 Å². The fourth-order valence-electron chi connectivity index (χ4n) is 1.73. The standard InChI is InChI=1S/C14H18F3NO2/c1-2-3-12(19)9-18-13(20)8-10-4-6-11(7-5-10)14(15,16)17/h4-7,12,19H,2-3,8-9H2,1H3,(H,18,20). The Hall–Kier alpha value is -1.56. The summed E-state index contributed by atoms with van der Waals surface area (Å²) in [5.74, 6) is -0.320. The van der Waals surface area contributed by atoms with E-state index in [4.69, 9.17) is 0 Å². The van der Waals surface area contributed by atoms with E-state index in [1.54, 1.807) is 0 Å². The smallest absolute Gasteiger partial charge is 0.391 e. The number of hydrogen-bond acceptors (Lipinski definition) is 2. The first-order valence-electron chi connectivity index (χ1n) is 6.43. The van der Waals surface area contributed by atoms with Gasteiger partial charge in [-0.05, 0) is 24.1 Å². The van der Waals surface area contributed by atoms with Gasteiger partial charge in [-0.15, -0.1) is 0 Å². The summed E-state index contributed by atoms with van der Waals surface area (Å²) in [6, 6.07) is 4.47. The maximum atomic E-state index is 12.4. The highest BCUT2D eigenvalue weighted by atomic mass is 19.4. The van der Waals surface area contributed by atoms with Crippen LogP contribution in [0, 0.1) is 0 Å². The zero-order valence-corrected chi connectivity index (χ0v) is 11.2.